The van der Waals surface area contributed by atoms with Crippen molar-refractivity contribution < 1.29 is 9.59 Å². The Balaban J connectivity index is 1.34. The summed E-state index contributed by atoms with van der Waals surface area (Å²) in [5.74, 6) is 0.971. The van der Waals surface area contributed by atoms with Crippen LogP contribution < -0.4 is 5.32 Å². The molecular formula is C24H37N3O2S. The standard InChI is InChI=1S/C24H37N3O2S/c1-2-26-14-9-19(10-15-26)8-13-25-22(28)20-17-27(23(29)21-7-6-16-30-21)18-24(20)11-4-3-5-12-24/h6-7,16,19-20H,2-5,8-15,17-18H2,1H3,(H,25,28). The normalized spacial score (nSPS) is 25.0. The summed E-state index contributed by atoms with van der Waals surface area (Å²) in [7, 11) is 0. The molecule has 2 amide bonds. The molecule has 1 aromatic rings. The van der Waals surface area contributed by atoms with E-state index in [9.17, 15) is 9.59 Å². The van der Waals surface area contributed by atoms with Crippen LogP contribution in [0.2, 0.25) is 0 Å². The highest BCUT2D eigenvalue weighted by Gasteiger charge is 2.51. The average molecular weight is 432 g/mol. The molecule has 2 saturated heterocycles. The van der Waals surface area contributed by atoms with Crippen LogP contribution in [-0.4, -0.2) is 60.9 Å². The van der Waals surface area contributed by atoms with Crippen LogP contribution in [0.1, 0.15) is 68.0 Å². The van der Waals surface area contributed by atoms with Gasteiger partial charge < -0.3 is 15.1 Å². The van der Waals surface area contributed by atoms with Crippen molar-refractivity contribution in [1.82, 2.24) is 15.1 Å². The minimum atomic E-state index is -0.0522. The summed E-state index contributed by atoms with van der Waals surface area (Å²) in [6.45, 7) is 7.88. The fraction of sp³-hybridized carbons (Fsp3) is 0.750. The van der Waals surface area contributed by atoms with E-state index in [2.05, 4.69) is 17.1 Å². The second-order valence-electron chi connectivity index (χ2n) is 9.60. The lowest BCUT2D eigenvalue weighted by Gasteiger charge is -2.37. The van der Waals surface area contributed by atoms with Gasteiger partial charge in [0.15, 0.2) is 0 Å². The van der Waals surface area contributed by atoms with Gasteiger partial charge >= 0.3 is 0 Å². The highest BCUT2D eigenvalue weighted by Crippen LogP contribution is 2.48. The molecule has 4 rings (SSSR count). The van der Waals surface area contributed by atoms with E-state index in [1.54, 1.807) is 0 Å². The maximum Gasteiger partial charge on any atom is 0.263 e. The molecule has 6 heteroatoms. The topological polar surface area (TPSA) is 52.7 Å². The van der Waals surface area contributed by atoms with Crippen LogP contribution in [0.3, 0.4) is 0 Å². The lowest BCUT2D eigenvalue weighted by atomic mass is 9.67. The molecule has 166 valence electrons. The molecule has 1 atom stereocenters. The van der Waals surface area contributed by atoms with E-state index in [1.165, 1.54) is 56.5 Å². The van der Waals surface area contributed by atoms with Crippen molar-refractivity contribution in [3.63, 3.8) is 0 Å². The average Bonchev–Trinajstić information content (AvgIpc) is 3.43. The Kier molecular flexibility index (Phi) is 7.14. The van der Waals surface area contributed by atoms with Gasteiger partial charge in [0, 0.05) is 25.0 Å². The van der Waals surface area contributed by atoms with Crippen molar-refractivity contribution in [1.29, 1.82) is 0 Å². The van der Waals surface area contributed by atoms with Gasteiger partial charge in [-0.1, -0.05) is 32.3 Å². The van der Waals surface area contributed by atoms with Gasteiger partial charge in [-0.25, -0.2) is 0 Å². The second kappa shape index (κ2) is 9.82. The molecule has 3 fully saturated rings. The first-order valence-corrected chi connectivity index (χ1v) is 12.8. The predicted molar refractivity (Wildman–Crippen MR) is 122 cm³/mol. The quantitative estimate of drug-likeness (QED) is 0.740. The van der Waals surface area contributed by atoms with Crippen LogP contribution in [-0.2, 0) is 4.79 Å². The van der Waals surface area contributed by atoms with Gasteiger partial charge in [-0.2, -0.15) is 0 Å². The molecule has 0 aromatic carbocycles. The van der Waals surface area contributed by atoms with Gasteiger partial charge in [0.1, 0.15) is 0 Å². The fourth-order valence-electron chi connectivity index (χ4n) is 5.92. The van der Waals surface area contributed by atoms with Crippen molar-refractivity contribution in [2.24, 2.45) is 17.3 Å². The number of hydrogen-bond donors (Lipinski definition) is 1. The van der Waals surface area contributed by atoms with Crippen LogP contribution in [0.5, 0.6) is 0 Å². The first-order chi connectivity index (χ1) is 14.6. The molecule has 0 bridgehead atoms. The van der Waals surface area contributed by atoms with Crippen molar-refractivity contribution in [2.75, 3.05) is 39.3 Å². The van der Waals surface area contributed by atoms with E-state index in [0.29, 0.717) is 6.54 Å². The van der Waals surface area contributed by atoms with Crippen LogP contribution in [0.15, 0.2) is 17.5 Å². The number of piperidine rings is 1. The Labute approximate surface area is 185 Å². The van der Waals surface area contributed by atoms with Gasteiger partial charge in [0.05, 0.1) is 10.8 Å². The van der Waals surface area contributed by atoms with Gasteiger partial charge in [-0.05, 0) is 69.1 Å². The van der Waals surface area contributed by atoms with Crippen molar-refractivity contribution in [2.45, 2.75) is 58.3 Å². The molecule has 1 aromatic heterocycles. The maximum atomic E-state index is 13.3. The first kappa shape index (κ1) is 21.8. The molecule has 1 saturated carbocycles. The summed E-state index contributed by atoms with van der Waals surface area (Å²) in [5.41, 5.74) is -0.0122. The number of carbonyl (C=O) groups excluding carboxylic acids is 2. The largest absolute Gasteiger partial charge is 0.356 e. The van der Waals surface area contributed by atoms with E-state index in [1.807, 2.05) is 22.4 Å². The summed E-state index contributed by atoms with van der Waals surface area (Å²) in [5, 5.41) is 5.23. The van der Waals surface area contributed by atoms with E-state index in [0.717, 1.165) is 49.7 Å². The van der Waals surface area contributed by atoms with Crippen molar-refractivity contribution in [3.05, 3.63) is 22.4 Å². The third-order valence-corrected chi connectivity index (χ3v) is 8.70. The number of amides is 2. The summed E-state index contributed by atoms with van der Waals surface area (Å²) in [4.78, 5) is 31.5. The van der Waals surface area contributed by atoms with E-state index in [4.69, 9.17) is 0 Å². The van der Waals surface area contributed by atoms with Crippen LogP contribution >= 0.6 is 11.3 Å². The number of likely N-dealkylation sites (tertiary alicyclic amines) is 2. The van der Waals surface area contributed by atoms with Crippen LogP contribution in [0, 0.1) is 17.3 Å². The minimum Gasteiger partial charge on any atom is -0.356 e. The van der Waals surface area contributed by atoms with Gasteiger partial charge in [-0.15, -0.1) is 11.3 Å². The zero-order chi connectivity index (χ0) is 21.0. The predicted octanol–water partition coefficient (Wildman–Crippen LogP) is 4.01. The second-order valence-corrected chi connectivity index (χ2v) is 10.5. The zero-order valence-electron chi connectivity index (χ0n) is 18.4. The van der Waals surface area contributed by atoms with Crippen molar-refractivity contribution >= 4 is 23.2 Å². The van der Waals surface area contributed by atoms with Gasteiger partial charge in [-0.3, -0.25) is 9.59 Å². The molecule has 2 aliphatic heterocycles. The fourth-order valence-corrected chi connectivity index (χ4v) is 6.61. The lowest BCUT2D eigenvalue weighted by Crippen LogP contribution is -2.43. The highest BCUT2D eigenvalue weighted by atomic mass is 32.1. The van der Waals surface area contributed by atoms with E-state index in [-0.39, 0.29) is 23.1 Å². The van der Waals surface area contributed by atoms with Gasteiger partial charge in [0.25, 0.3) is 5.91 Å². The summed E-state index contributed by atoms with van der Waals surface area (Å²) in [6.07, 6.45) is 9.36. The Morgan fingerprint density at radius 1 is 1.20 bits per heavy atom. The molecule has 3 heterocycles. The summed E-state index contributed by atoms with van der Waals surface area (Å²) < 4.78 is 0. The molecule has 5 nitrogen and oxygen atoms in total. The molecule has 1 aliphatic carbocycles. The van der Waals surface area contributed by atoms with E-state index < -0.39 is 0 Å². The molecule has 0 radical (unpaired) electrons. The molecule has 1 spiro atoms. The zero-order valence-corrected chi connectivity index (χ0v) is 19.2. The molecule has 30 heavy (non-hydrogen) atoms. The minimum absolute atomic E-state index is 0.0122. The monoisotopic (exact) mass is 431 g/mol. The van der Waals surface area contributed by atoms with Crippen LogP contribution in [0.25, 0.3) is 0 Å². The Morgan fingerprint density at radius 2 is 1.97 bits per heavy atom. The van der Waals surface area contributed by atoms with E-state index >= 15 is 0 Å². The number of carbonyl (C=O) groups is 2. The number of nitrogens with zero attached hydrogens (tertiary/aromatic N) is 2. The summed E-state index contributed by atoms with van der Waals surface area (Å²) >= 11 is 1.50. The van der Waals surface area contributed by atoms with Crippen LogP contribution in [0.4, 0.5) is 0 Å². The number of thiophene rings is 1. The molecule has 1 N–H and O–H groups in total. The first-order valence-electron chi connectivity index (χ1n) is 11.9. The lowest BCUT2D eigenvalue weighted by molar-refractivity contribution is -0.128. The maximum absolute atomic E-state index is 13.3. The molecule has 3 aliphatic rings. The third kappa shape index (κ3) is 4.75. The Morgan fingerprint density at radius 3 is 2.63 bits per heavy atom. The molecular weight excluding hydrogens is 394 g/mol. The summed E-state index contributed by atoms with van der Waals surface area (Å²) in [6, 6.07) is 3.83. The number of rotatable bonds is 6. The number of hydrogen-bond acceptors (Lipinski definition) is 4. The third-order valence-electron chi connectivity index (χ3n) is 7.84. The smallest absolute Gasteiger partial charge is 0.263 e. The van der Waals surface area contributed by atoms with Gasteiger partial charge in [0.2, 0.25) is 5.91 Å². The number of nitrogens with one attached hydrogen (secondary N) is 1. The highest BCUT2D eigenvalue weighted by molar-refractivity contribution is 7.12. The van der Waals surface area contributed by atoms with Crippen molar-refractivity contribution in [3.8, 4) is 0 Å². The molecule has 1 unspecified atom stereocenters. The SMILES string of the molecule is CCN1CCC(CCNC(=O)C2CN(C(=O)c3cccs3)CC23CCCCC3)CC1. The Hall–Kier alpha value is -1.40. The Bertz CT molecular complexity index is 706.